The predicted octanol–water partition coefficient (Wildman–Crippen LogP) is 0.961. The van der Waals surface area contributed by atoms with Gasteiger partial charge in [-0.3, -0.25) is 0 Å². The van der Waals surface area contributed by atoms with Gasteiger partial charge in [0.25, 0.3) is 0 Å². The molecule has 3 nitrogen and oxygen atoms in total. The number of hydrogen-bond donors (Lipinski definition) is 1. The third kappa shape index (κ3) is 3.13. The van der Waals surface area contributed by atoms with Crippen molar-refractivity contribution in [3.63, 3.8) is 0 Å². The summed E-state index contributed by atoms with van der Waals surface area (Å²) in [5, 5.41) is 8.82. The molecule has 6 heteroatoms. The highest BCUT2D eigenvalue weighted by Crippen LogP contribution is 2.18. The maximum absolute atomic E-state index is 11.7. The van der Waals surface area contributed by atoms with Gasteiger partial charge in [0.2, 0.25) is 0 Å². The topological polar surface area (TPSA) is 46.0 Å². The molecule has 0 radical (unpaired) electrons. The van der Waals surface area contributed by atoms with Gasteiger partial charge in [-0.15, -0.1) is 0 Å². The van der Waals surface area contributed by atoms with Gasteiger partial charge in [0.1, 0.15) is 13.0 Å². The van der Waals surface area contributed by atoms with Crippen molar-refractivity contribution >= 4 is 23.3 Å². The third-order valence-corrected chi connectivity index (χ3v) is 2.86. The molecule has 0 saturated carbocycles. The minimum absolute atomic E-state index is 0.339. The first-order valence-electron chi connectivity index (χ1n) is 2.96. The molecule has 0 aliphatic heterocycles. The van der Waals surface area contributed by atoms with E-state index in [2.05, 4.69) is 9.36 Å². The quantitative estimate of drug-likeness (QED) is 0.725. The summed E-state index contributed by atoms with van der Waals surface area (Å²) in [5.74, 6) is 0.339. The van der Waals surface area contributed by atoms with E-state index in [1.807, 2.05) is 0 Å². The Balaban J connectivity index is 2.23. The summed E-state index contributed by atoms with van der Waals surface area (Å²) in [6, 6.07) is 0. The predicted molar refractivity (Wildman–Crippen MR) is 42.6 cm³/mol. The molecule has 1 atom stereocenters. The second-order valence-electron chi connectivity index (χ2n) is 1.83. The summed E-state index contributed by atoms with van der Waals surface area (Å²) in [6.07, 6.45) is 0.554. The molecule has 0 aliphatic rings. The Morgan fingerprint density at radius 1 is 1.82 bits per heavy atom. The summed E-state index contributed by atoms with van der Waals surface area (Å²) in [7, 11) is 0. The molecule has 0 aliphatic carbocycles. The molecule has 1 unspecified atom stereocenters. The Bertz CT molecular complexity index is 194. The van der Waals surface area contributed by atoms with E-state index in [1.54, 1.807) is 0 Å². The van der Waals surface area contributed by atoms with Crippen LogP contribution in [-0.2, 0) is 0 Å². The van der Waals surface area contributed by atoms with Gasteiger partial charge in [-0.25, -0.2) is 9.37 Å². The maximum Gasteiger partial charge on any atom is 0.169 e. The van der Waals surface area contributed by atoms with E-state index in [4.69, 9.17) is 5.11 Å². The summed E-state index contributed by atoms with van der Waals surface area (Å²) < 4.78 is 16.2. The molecule has 0 aromatic carbocycles. The highest BCUT2D eigenvalue weighted by Gasteiger charge is 2.05. The molecule has 0 fully saturated rings. The fourth-order valence-electron chi connectivity index (χ4n) is 0.439. The molecule has 1 N–H and O–H groups in total. The Morgan fingerprint density at radius 3 is 3.18 bits per heavy atom. The molecule has 11 heavy (non-hydrogen) atoms. The van der Waals surface area contributed by atoms with E-state index in [9.17, 15) is 4.39 Å². The summed E-state index contributed by atoms with van der Waals surface area (Å²) in [4.78, 5) is 3.86. The molecule has 1 aromatic rings. The van der Waals surface area contributed by atoms with Crippen molar-refractivity contribution in [1.29, 1.82) is 0 Å². The highest BCUT2D eigenvalue weighted by atomic mass is 32.2. The lowest BCUT2D eigenvalue weighted by Crippen LogP contribution is -2.11. The molecule has 0 amide bonds. The van der Waals surface area contributed by atoms with E-state index in [-0.39, 0.29) is 0 Å². The molecular weight excluding hydrogens is 187 g/mol. The zero-order valence-corrected chi connectivity index (χ0v) is 7.24. The van der Waals surface area contributed by atoms with Crippen LogP contribution in [-0.4, -0.2) is 33.0 Å². The van der Waals surface area contributed by atoms with Gasteiger partial charge in [0.05, 0.1) is 6.10 Å². The van der Waals surface area contributed by atoms with Crippen LogP contribution >= 0.6 is 23.3 Å². The average molecular weight is 194 g/mol. The molecule has 0 spiro atoms. The van der Waals surface area contributed by atoms with Gasteiger partial charge in [0, 0.05) is 5.75 Å². The number of thioether (sulfide) groups is 1. The third-order valence-electron chi connectivity index (χ3n) is 0.918. The van der Waals surface area contributed by atoms with Crippen molar-refractivity contribution in [3.8, 4) is 0 Å². The maximum atomic E-state index is 11.7. The molecule has 62 valence electrons. The van der Waals surface area contributed by atoms with Crippen LogP contribution in [0.4, 0.5) is 4.39 Å². The first-order valence-corrected chi connectivity index (χ1v) is 4.72. The van der Waals surface area contributed by atoms with Crippen LogP contribution in [0.3, 0.4) is 0 Å². The zero-order valence-electron chi connectivity index (χ0n) is 5.61. The summed E-state index contributed by atoms with van der Waals surface area (Å²) in [5.41, 5.74) is 0. The second-order valence-corrected chi connectivity index (χ2v) is 3.87. The van der Waals surface area contributed by atoms with E-state index in [0.717, 1.165) is 4.34 Å². The van der Waals surface area contributed by atoms with Crippen molar-refractivity contribution in [2.45, 2.75) is 10.4 Å². The van der Waals surface area contributed by atoms with Gasteiger partial charge in [-0.1, -0.05) is 11.8 Å². The standard InChI is InChI=1S/C5H7FN2OS2/c6-1-4(9)2-10-5-7-3-8-11-5/h3-4,9H,1-2H2. The largest absolute Gasteiger partial charge is 0.390 e. The number of aliphatic hydroxyl groups excluding tert-OH is 1. The number of alkyl halides is 1. The lowest BCUT2D eigenvalue weighted by molar-refractivity contribution is 0.162. The van der Waals surface area contributed by atoms with Crippen LogP contribution in [0.15, 0.2) is 10.7 Å². The minimum Gasteiger partial charge on any atom is -0.390 e. The van der Waals surface area contributed by atoms with Crippen LogP contribution < -0.4 is 0 Å². The molecule has 1 aromatic heterocycles. The molecule has 1 heterocycles. The van der Waals surface area contributed by atoms with Gasteiger partial charge >= 0.3 is 0 Å². The number of halogens is 1. The Labute approximate surface area is 71.8 Å². The van der Waals surface area contributed by atoms with Crippen LogP contribution in [0.1, 0.15) is 0 Å². The molecular formula is C5H7FN2OS2. The number of rotatable bonds is 4. The van der Waals surface area contributed by atoms with Crippen LogP contribution in [0.25, 0.3) is 0 Å². The summed E-state index contributed by atoms with van der Waals surface area (Å²) >= 11 is 2.56. The summed E-state index contributed by atoms with van der Waals surface area (Å²) in [6.45, 7) is -0.703. The molecule has 0 saturated heterocycles. The highest BCUT2D eigenvalue weighted by molar-refractivity contribution is 8.00. The van der Waals surface area contributed by atoms with Gasteiger partial charge in [-0.2, -0.15) is 4.37 Å². The fourth-order valence-corrected chi connectivity index (χ4v) is 1.81. The van der Waals surface area contributed by atoms with E-state index in [1.165, 1.54) is 29.6 Å². The number of hydrogen-bond acceptors (Lipinski definition) is 5. The van der Waals surface area contributed by atoms with E-state index < -0.39 is 12.8 Å². The molecule has 1 rings (SSSR count). The fraction of sp³-hybridized carbons (Fsp3) is 0.600. The molecule has 0 bridgehead atoms. The Morgan fingerprint density at radius 2 is 2.64 bits per heavy atom. The van der Waals surface area contributed by atoms with Crippen molar-refractivity contribution < 1.29 is 9.50 Å². The van der Waals surface area contributed by atoms with E-state index >= 15 is 0 Å². The Hall–Kier alpha value is -0.200. The van der Waals surface area contributed by atoms with Crippen molar-refractivity contribution in [2.24, 2.45) is 0 Å². The second kappa shape index (κ2) is 4.63. The smallest absolute Gasteiger partial charge is 0.169 e. The van der Waals surface area contributed by atoms with Crippen molar-refractivity contribution in [3.05, 3.63) is 6.33 Å². The average Bonchev–Trinajstić information content (AvgIpc) is 2.52. The minimum atomic E-state index is -0.885. The van der Waals surface area contributed by atoms with Gasteiger partial charge in [0.15, 0.2) is 4.34 Å². The zero-order chi connectivity index (χ0) is 8.10. The van der Waals surface area contributed by atoms with Crippen molar-refractivity contribution in [2.75, 3.05) is 12.4 Å². The SMILES string of the molecule is OC(CF)CSc1ncns1. The number of aliphatic hydroxyl groups is 1. The first-order chi connectivity index (χ1) is 5.33. The van der Waals surface area contributed by atoms with Crippen LogP contribution in [0.2, 0.25) is 0 Å². The van der Waals surface area contributed by atoms with Gasteiger partial charge in [-0.05, 0) is 11.5 Å². The Kier molecular flexibility index (Phi) is 3.74. The lowest BCUT2D eigenvalue weighted by atomic mass is 10.5. The van der Waals surface area contributed by atoms with Crippen molar-refractivity contribution in [1.82, 2.24) is 9.36 Å². The normalized spacial score (nSPS) is 13.3. The van der Waals surface area contributed by atoms with E-state index in [0.29, 0.717) is 5.75 Å². The number of nitrogens with zero attached hydrogens (tertiary/aromatic N) is 2. The number of aromatic nitrogens is 2. The van der Waals surface area contributed by atoms with Crippen LogP contribution in [0.5, 0.6) is 0 Å². The monoisotopic (exact) mass is 194 g/mol. The van der Waals surface area contributed by atoms with Gasteiger partial charge < -0.3 is 5.11 Å². The van der Waals surface area contributed by atoms with Crippen LogP contribution in [0, 0.1) is 0 Å². The first kappa shape index (κ1) is 8.89. The lowest BCUT2D eigenvalue weighted by Gasteiger charge is -2.01.